The van der Waals surface area contributed by atoms with Crippen molar-refractivity contribution in [3.8, 4) is 5.75 Å². The molecule has 2 aromatic rings. The van der Waals surface area contributed by atoms with Crippen molar-refractivity contribution in [2.45, 2.75) is 31.2 Å². The van der Waals surface area contributed by atoms with Crippen molar-refractivity contribution in [1.29, 1.82) is 0 Å². The lowest BCUT2D eigenvalue weighted by Crippen LogP contribution is -2.40. The minimum absolute atomic E-state index is 0.0696. The summed E-state index contributed by atoms with van der Waals surface area (Å²) >= 11 is 0. The fraction of sp³-hybridized carbons (Fsp3) is 0.421. The summed E-state index contributed by atoms with van der Waals surface area (Å²) in [6.45, 7) is 3.00. The molecule has 0 bridgehead atoms. The Morgan fingerprint density at radius 1 is 1.22 bits per heavy atom. The average Bonchev–Trinajstić information content (AvgIpc) is 2.64. The molecule has 0 spiro atoms. The first-order chi connectivity index (χ1) is 12.8. The zero-order chi connectivity index (χ0) is 19.6. The van der Waals surface area contributed by atoms with E-state index in [0.717, 1.165) is 12.8 Å². The van der Waals surface area contributed by atoms with Crippen molar-refractivity contribution in [3.63, 3.8) is 0 Å². The van der Waals surface area contributed by atoms with E-state index in [1.54, 1.807) is 6.07 Å². The summed E-state index contributed by atoms with van der Waals surface area (Å²) in [5, 5.41) is 0. The first-order valence-corrected chi connectivity index (χ1v) is 10.3. The number of nitrogens with zero attached hydrogens (tertiary/aromatic N) is 2. The van der Waals surface area contributed by atoms with Crippen LogP contribution in [0.4, 0.5) is 4.39 Å². The van der Waals surface area contributed by atoms with E-state index in [2.05, 4.69) is 6.92 Å². The number of hydrogen-bond donors (Lipinski definition) is 0. The normalized spacial score (nSPS) is 16.4. The van der Waals surface area contributed by atoms with E-state index >= 15 is 0 Å². The van der Waals surface area contributed by atoms with Crippen LogP contribution in [0.3, 0.4) is 0 Å². The molecule has 1 aliphatic rings. The molecular formula is C19H23FN2O4S. The Morgan fingerprint density at radius 3 is 2.56 bits per heavy atom. The third kappa shape index (κ3) is 4.06. The number of benzene rings is 1. The van der Waals surface area contributed by atoms with E-state index in [1.807, 2.05) is 0 Å². The molecule has 1 saturated heterocycles. The van der Waals surface area contributed by atoms with Crippen LogP contribution in [0, 0.1) is 11.7 Å². The molecule has 1 aromatic carbocycles. The van der Waals surface area contributed by atoms with Crippen molar-refractivity contribution >= 4 is 10.0 Å². The molecule has 0 N–H and O–H groups in total. The van der Waals surface area contributed by atoms with Gasteiger partial charge in [0, 0.05) is 19.3 Å². The standard InChI is InChI=1S/C19H23FN2O4S/c1-14-7-10-22(11-8-14)27(24,25)18-4-3-9-21(19(18)23)13-15-5-6-17(26-2)16(20)12-15/h3-6,9,12,14H,7-8,10-11,13H2,1-2H3. The van der Waals surface area contributed by atoms with E-state index in [9.17, 15) is 17.6 Å². The van der Waals surface area contributed by atoms with Gasteiger partial charge in [-0.25, -0.2) is 12.8 Å². The fourth-order valence-corrected chi connectivity index (χ4v) is 4.76. The topological polar surface area (TPSA) is 68.6 Å². The fourth-order valence-electron chi connectivity index (χ4n) is 3.20. The molecule has 0 atom stereocenters. The molecule has 0 unspecified atom stereocenters. The van der Waals surface area contributed by atoms with E-state index in [4.69, 9.17) is 4.74 Å². The van der Waals surface area contributed by atoms with E-state index in [-0.39, 0.29) is 17.2 Å². The van der Waals surface area contributed by atoms with E-state index < -0.39 is 21.4 Å². The van der Waals surface area contributed by atoms with Crippen LogP contribution in [0.25, 0.3) is 0 Å². The molecule has 146 valence electrons. The monoisotopic (exact) mass is 394 g/mol. The second-order valence-corrected chi connectivity index (χ2v) is 8.77. The van der Waals surface area contributed by atoms with Gasteiger partial charge in [-0.05, 0) is 48.6 Å². The number of sulfonamides is 1. The first-order valence-electron chi connectivity index (χ1n) is 8.85. The van der Waals surface area contributed by atoms with Gasteiger partial charge in [-0.1, -0.05) is 13.0 Å². The summed E-state index contributed by atoms with van der Waals surface area (Å²) in [6, 6.07) is 7.26. The van der Waals surface area contributed by atoms with Crippen LogP contribution < -0.4 is 10.3 Å². The zero-order valence-electron chi connectivity index (χ0n) is 15.4. The van der Waals surface area contributed by atoms with Crippen molar-refractivity contribution in [1.82, 2.24) is 8.87 Å². The molecule has 27 heavy (non-hydrogen) atoms. The number of pyridine rings is 1. The van der Waals surface area contributed by atoms with Gasteiger partial charge in [0.05, 0.1) is 13.7 Å². The maximum Gasteiger partial charge on any atom is 0.271 e. The highest BCUT2D eigenvalue weighted by atomic mass is 32.2. The van der Waals surface area contributed by atoms with Gasteiger partial charge in [0.1, 0.15) is 4.90 Å². The number of halogens is 1. The van der Waals surface area contributed by atoms with Crippen molar-refractivity contribution < 1.29 is 17.5 Å². The summed E-state index contributed by atoms with van der Waals surface area (Å²) in [5.74, 6) is 0.0601. The summed E-state index contributed by atoms with van der Waals surface area (Å²) in [4.78, 5) is 12.5. The average molecular weight is 394 g/mol. The van der Waals surface area contributed by atoms with Crippen molar-refractivity contribution in [3.05, 3.63) is 58.3 Å². The Bertz CT molecular complexity index is 979. The first kappa shape index (κ1) is 19.6. The second kappa shape index (κ2) is 7.82. The van der Waals surface area contributed by atoms with Crippen LogP contribution >= 0.6 is 0 Å². The summed E-state index contributed by atoms with van der Waals surface area (Å²) in [6.07, 6.45) is 3.07. The van der Waals surface area contributed by atoms with Gasteiger partial charge in [0.15, 0.2) is 11.6 Å². The van der Waals surface area contributed by atoms with Crippen LogP contribution in [0.2, 0.25) is 0 Å². The van der Waals surface area contributed by atoms with Crippen molar-refractivity contribution in [2.75, 3.05) is 20.2 Å². The highest BCUT2D eigenvalue weighted by molar-refractivity contribution is 7.89. The van der Waals surface area contributed by atoms with E-state index in [1.165, 1.54) is 46.4 Å². The third-order valence-corrected chi connectivity index (χ3v) is 6.83. The zero-order valence-corrected chi connectivity index (χ0v) is 16.2. The van der Waals surface area contributed by atoms with E-state index in [0.29, 0.717) is 24.6 Å². The Labute approximate surface area is 158 Å². The highest BCUT2D eigenvalue weighted by Crippen LogP contribution is 2.22. The second-order valence-electron chi connectivity index (χ2n) is 6.86. The molecule has 2 heterocycles. The predicted octanol–water partition coefficient (Wildman–Crippen LogP) is 2.46. The molecule has 1 fully saturated rings. The van der Waals surface area contributed by atoms with Crippen LogP contribution in [0.5, 0.6) is 5.75 Å². The lowest BCUT2D eigenvalue weighted by Gasteiger charge is -2.29. The summed E-state index contributed by atoms with van der Waals surface area (Å²) in [5.41, 5.74) is -0.0657. The maximum atomic E-state index is 13.9. The number of hydrogen-bond acceptors (Lipinski definition) is 4. The number of aromatic nitrogens is 1. The highest BCUT2D eigenvalue weighted by Gasteiger charge is 2.30. The quantitative estimate of drug-likeness (QED) is 0.781. The van der Waals surface area contributed by atoms with Crippen LogP contribution in [0.1, 0.15) is 25.3 Å². The summed E-state index contributed by atoms with van der Waals surface area (Å²) in [7, 11) is -2.47. The largest absolute Gasteiger partial charge is 0.494 e. The number of ether oxygens (including phenoxy) is 1. The molecule has 0 aliphatic carbocycles. The number of piperidine rings is 1. The molecular weight excluding hydrogens is 371 g/mol. The van der Waals surface area contributed by atoms with Gasteiger partial charge in [-0.3, -0.25) is 4.79 Å². The van der Waals surface area contributed by atoms with Crippen LogP contribution in [0.15, 0.2) is 46.2 Å². The molecule has 1 aliphatic heterocycles. The van der Waals surface area contributed by atoms with Crippen molar-refractivity contribution in [2.24, 2.45) is 5.92 Å². The lowest BCUT2D eigenvalue weighted by molar-refractivity contribution is 0.287. The lowest BCUT2D eigenvalue weighted by atomic mass is 10.0. The Morgan fingerprint density at radius 2 is 1.93 bits per heavy atom. The predicted molar refractivity (Wildman–Crippen MR) is 99.9 cm³/mol. The van der Waals surface area contributed by atoms with Crippen LogP contribution in [-0.4, -0.2) is 37.5 Å². The molecule has 3 rings (SSSR count). The third-order valence-electron chi connectivity index (χ3n) is 4.91. The molecule has 1 aromatic heterocycles. The number of methoxy groups -OCH3 is 1. The van der Waals surface area contributed by atoms with Gasteiger partial charge in [-0.2, -0.15) is 4.31 Å². The van der Waals surface area contributed by atoms with Gasteiger partial charge < -0.3 is 9.30 Å². The Hall–Kier alpha value is -2.19. The van der Waals surface area contributed by atoms with Gasteiger partial charge >= 0.3 is 0 Å². The van der Waals surface area contributed by atoms with Gasteiger partial charge in [0.25, 0.3) is 5.56 Å². The van der Waals surface area contributed by atoms with Gasteiger partial charge in [0.2, 0.25) is 10.0 Å². The Kier molecular flexibility index (Phi) is 5.67. The summed E-state index contributed by atoms with van der Waals surface area (Å²) < 4.78 is 47.2. The molecule has 6 nitrogen and oxygen atoms in total. The minimum Gasteiger partial charge on any atom is -0.494 e. The molecule has 0 saturated carbocycles. The van der Waals surface area contributed by atoms with Gasteiger partial charge in [-0.15, -0.1) is 0 Å². The van der Waals surface area contributed by atoms with Crippen LogP contribution in [-0.2, 0) is 16.6 Å². The SMILES string of the molecule is COc1ccc(Cn2cccc(S(=O)(=O)N3CCC(C)CC3)c2=O)cc1F. The smallest absolute Gasteiger partial charge is 0.271 e. The number of rotatable bonds is 5. The minimum atomic E-state index is -3.84. The molecule has 0 amide bonds. The molecule has 8 heteroatoms. The Balaban J connectivity index is 1.90. The maximum absolute atomic E-state index is 13.9. The molecule has 0 radical (unpaired) electrons.